The summed E-state index contributed by atoms with van der Waals surface area (Å²) in [4.78, 5) is 24.8. The number of fused-ring (bicyclic) bond motifs is 1. The van der Waals surface area contributed by atoms with Gasteiger partial charge in [0.1, 0.15) is 6.04 Å². The van der Waals surface area contributed by atoms with E-state index in [0.29, 0.717) is 6.42 Å². The molecule has 1 atom stereocenters. The van der Waals surface area contributed by atoms with Gasteiger partial charge in [0.05, 0.1) is 7.11 Å². The monoisotopic (exact) mass is 325 g/mol. The van der Waals surface area contributed by atoms with Crippen molar-refractivity contribution < 1.29 is 14.3 Å². The van der Waals surface area contributed by atoms with Gasteiger partial charge in [-0.15, -0.1) is 0 Å². The van der Waals surface area contributed by atoms with Crippen molar-refractivity contribution >= 4 is 11.8 Å². The molecule has 1 aliphatic carbocycles. The number of esters is 1. The van der Waals surface area contributed by atoms with E-state index in [1.54, 1.807) is 0 Å². The average molecular weight is 325 g/mol. The Morgan fingerprint density at radius 2 is 1.88 bits per heavy atom. The fraction of sp³-hybridized carbons (Fsp3) is 0.400. The molecule has 0 fully saturated rings. The maximum Gasteiger partial charge on any atom is 0.328 e. The minimum absolute atomic E-state index is 0.107. The first-order valence-corrected chi connectivity index (χ1v) is 8.24. The zero-order valence-corrected chi connectivity index (χ0v) is 14.6. The van der Waals surface area contributed by atoms with E-state index in [9.17, 15) is 9.59 Å². The zero-order valence-electron chi connectivity index (χ0n) is 14.6. The van der Waals surface area contributed by atoms with Crippen molar-refractivity contribution in [2.45, 2.75) is 39.7 Å². The van der Waals surface area contributed by atoms with Gasteiger partial charge in [0.25, 0.3) is 0 Å². The lowest BCUT2D eigenvalue weighted by molar-refractivity contribution is -0.144. The lowest BCUT2D eigenvalue weighted by Gasteiger charge is -2.31. The molecule has 1 unspecified atom stereocenters. The fourth-order valence-corrected chi connectivity index (χ4v) is 3.58. The van der Waals surface area contributed by atoms with Crippen molar-refractivity contribution in [3.8, 4) is 11.3 Å². The molecule has 1 heterocycles. The summed E-state index contributed by atoms with van der Waals surface area (Å²) in [5.41, 5.74) is 3.46. The number of carbonyl (C=O) groups excluding carboxylic acids is 2. The molecule has 2 aromatic rings. The Balaban J connectivity index is 2.24. The van der Waals surface area contributed by atoms with Gasteiger partial charge in [-0.05, 0) is 30.4 Å². The molecule has 0 saturated carbocycles. The summed E-state index contributed by atoms with van der Waals surface area (Å²) in [5, 5.41) is 0. The lowest BCUT2D eigenvalue weighted by atomic mass is 9.76. The van der Waals surface area contributed by atoms with E-state index in [0.717, 1.165) is 28.9 Å². The Bertz CT molecular complexity index is 787. The highest BCUT2D eigenvalue weighted by molar-refractivity contribution is 6.00. The van der Waals surface area contributed by atoms with Gasteiger partial charge in [-0.2, -0.15) is 0 Å². The molecule has 1 aromatic heterocycles. The number of aromatic nitrogens is 1. The van der Waals surface area contributed by atoms with E-state index >= 15 is 0 Å². The smallest absolute Gasteiger partial charge is 0.328 e. The van der Waals surface area contributed by atoms with Gasteiger partial charge in [0.15, 0.2) is 5.78 Å². The quantitative estimate of drug-likeness (QED) is 0.800. The van der Waals surface area contributed by atoms with Crippen LogP contribution in [0, 0.1) is 5.41 Å². The molecule has 1 aliphatic rings. The van der Waals surface area contributed by atoms with Crippen LogP contribution >= 0.6 is 0 Å². The van der Waals surface area contributed by atoms with Crippen LogP contribution in [0.25, 0.3) is 11.3 Å². The zero-order chi connectivity index (χ0) is 17.5. The number of hydrogen-bond donors (Lipinski definition) is 0. The van der Waals surface area contributed by atoms with Crippen LogP contribution in [0.3, 0.4) is 0 Å². The number of ether oxygens (including phenoxy) is 1. The summed E-state index contributed by atoms with van der Waals surface area (Å²) in [7, 11) is 1.39. The van der Waals surface area contributed by atoms with Gasteiger partial charge in [0.2, 0.25) is 0 Å². The van der Waals surface area contributed by atoms with Crippen molar-refractivity contribution in [2.24, 2.45) is 5.41 Å². The van der Waals surface area contributed by atoms with Gasteiger partial charge in [-0.25, -0.2) is 4.79 Å². The number of benzene rings is 1. The molecule has 0 amide bonds. The number of nitrogens with zero attached hydrogens (tertiary/aromatic N) is 1. The van der Waals surface area contributed by atoms with E-state index < -0.39 is 6.04 Å². The predicted octanol–water partition coefficient (Wildman–Crippen LogP) is 4.04. The van der Waals surface area contributed by atoms with E-state index in [1.165, 1.54) is 7.11 Å². The summed E-state index contributed by atoms with van der Waals surface area (Å²) in [5.74, 6) is -0.157. The normalized spacial score (nSPS) is 17.2. The Morgan fingerprint density at radius 3 is 2.50 bits per heavy atom. The standard InChI is InChI=1S/C20H23NO3/c1-13(19(23)24-4)21-16(14-8-6-5-7-9-14)10-15-17(21)11-20(2,3)12-18(15)22/h5-10,13H,11-12H2,1-4H3. The van der Waals surface area contributed by atoms with Crippen LogP contribution in [-0.2, 0) is 16.0 Å². The minimum Gasteiger partial charge on any atom is -0.467 e. The molecule has 126 valence electrons. The lowest BCUT2D eigenvalue weighted by Crippen LogP contribution is -2.30. The second kappa shape index (κ2) is 5.93. The Kier molecular flexibility index (Phi) is 4.08. The van der Waals surface area contributed by atoms with Crippen LogP contribution in [0.2, 0.25) is 0 Å². The highest BCUT2D eigenvalue weighted by atomic mass is 16.5. The first kappa shape index (κ1) is 16.5. The highest BCUT2D eigenvalue weighted by Gasteiger charge is 2.36. The number of Topliss-reactive ketones (excluding diaryl/α,β-unsaturated/α-hetero) is 1. The van der Waals surface area contributed by atoms with Gasteiger partial charge >= 0.3 is 5.97 Å². The molecule has 0 bridgehead atoms. The van der Waals surface area contributed by atoms with E-state index in [2.05, 4.69) is 13.8 Å². The average Bonchev–Trinajstić information content (AvgIpc) is 2.92. The SMILES string of the molecule is COC(=O)C(C)n1c(-c2ccccc2)cc2c1CC(C)(C)CC2=O. The molecule has 0 saturated heterocycles. The van der Waals surface area contributed by atoms with Gasteiger partial charge < -0.3 is 9.30 Å². The largest absolute Gasteiger partial charge is 0.467 e. The number of carbonyl (C=O) groups is 2. The molecule has 1 aromatic carbocycles. The molecule has 24 heavy (non-hydrogen) atoms. The molecule has 0 radical (unpaired) electrons. The van der Waals surface area contributed by atoms with E-state index in [4.69, 9.17) is 4.74 Å². The van der Waals surface area contributed by atoms with Crippen LogP contribution in [0.15, 0.2) is 36.4 Å². The van der Waals surface area contributed by atoms with Gasteiger partial charge in [0, 0.05) is 23.4 Å². The molecule has 4 nitrogen and oxygen atoms in total. The number of ketones is 1. The molecular weight excluding hydrogens is 302 g/mol. The van der Waals surface area contributed by atoms with Gasteiger partial charge in [-0.1, -0.05) is 44.2 Å². The Morgan fingerprint density at radius 1 is 1.21 bits per heavy atom. The van der Waals surface area contributed by atoms with Crippen LogP contribution < -0.4 is 0 Å². The van der Waals surface area contributed by atoms with Gasteiger partial charge in [-0.3, -0.25) is 4.79 Å². The molecule has 4 heteroatoms. The maximum absolute atomic E-state index is 12.6. The summed E-state index contributed by atoms with van der Waals surface area (Å²) < 4.78 is 6.93. The molecule has 0 N–H and O–H groups in total. The third-order valence-electron chi connectivity index (χ3n) is 4.73. The summed E-state index contributed by atoms with van der Waals surface area (Å²) in [6.07, 6.45) is 1.30. The maximum atomic E-state index is 12.6. The second-order valence-electron chi connectivity index (χ2n) is 7.27. The number of methoxy groups -OCH3 is 1. The molecule has 0 spiro atoms. The predicted molar refractivity (Wildman–Crippen MR) is 93.0 cm³/mol. The summed E-state index contributed by atoms with van der Waals surface area (Å²) in [6, 6.07) is 11.3. The molecular formula is C20H23NO3. The van der Waals surface area contributed by atoms with Crippen LogP contribution in [-0.4, -0.2) is 23.4 Å². The van der Waals surface area contributed by atoms with Crippen molar-refractivity contribution in [2.75, 3.05) is 7.11 Å². The number of rotatable bonds is 3. The van der Waals surface area contributed by atoms with Crippen LogP contribution in [0.1, 0.15) is 49.3 Å². The fourth-order valence-electron chi connectivity index (χ4n) is 3.58. The van der Waals surface area contributed by atoms with E-state index in [-0.39, 0.29) is 17.2 Å². The molecule has 3 rings (SSSR count). The molecule has 0 aliphatic heterocycles. The van der Waals surface area contributed by atoms with Crippen LogP contribution in [0.4, 0.5) is 0 Å². The first-order valence-electron chi connectivity index (χ1n) is 8.24. The van der Waals surface area contributed by atoms with Crippen molar-refractivity contribution in [3.05, 3.63) is 47.7 Å². The van der Waals surface area contributed by atoms with Crippen molar-refractivity contribution in [1.29, 1.82) is 0 Å². The van der Waals surface area contributed by atoms with Crippen molar-refractivity contribution in [3.63, 3.8) is 0 Å². The van der Waals surface area contributed by atoms with Crippen molar-refractivity contribution in [1.82, 2.24) is 4.57 Å². The van der Waals surface area contributed by atoms with Crippen LogP contribution in [0.5, 0.6) is 0 Å². The second-order valence-corrected chi connectivity index (χ2v) is 7.27. The first-order chi connectivity index (χ1) is 11.3. The summed E-state index contributed by atoms with van der Waals surface area (Å²) >= 11 is 0. The number of hydrogen-bond acceptors (Lipinski definition) is 3. The third kappa shape index (κ3) is 2.77. The third-order valence-corrected chi connectivity index (χ3v) is 4.73. The Labute approximate surface area is 142 Å². The highest BCUT2D eigenvalue weighted by Crippen LogP contribution is 2.40. The minimum atomic E-state index is -0.476. The summed E-state index contributed by atoms with van der Waals surface area (Å²) in [6.45, 7) is 6.01. The Hall–Kier alpha value is -2.36. The topological polar surface area (TPSA) is 48.3 Å². The van der Waals surface area contributed by atoms with E-state index in [1.807, 2.05) is 47.9 Å².